The number of hydrogen-bond donors (Lipinski definition) is 0. The lowest BCUT2D eigenvalue weighted by atomic mass is 10.0. The Hall–Kier alpha value is -0.570. The van der Waals surface area contributed by atoms with E-state index in [1.807, 2.05) is 0 Å². The molecule has 0 saturated carbocycles. The van der Waals surface area contributed by atoms with Crippen LogP contribution >= 0.6 is 0 Å². The van der Waals surface area contributed by atoms with Crippen LogP contribution in [0.4, 0.5) is 0 Å². The Balaban J connectivity index is 1.88. The fourth-order valence-electron chi connectivity index (χ4n) is 1.23. The lowest BCUT2D eigenvalue weighted by molar-refractivity contribution is 0.0627. The summed E-state index contributed by atoms with van der Waals surface area (Å²) in [4.78, 5) is 5.21. The molecule has 0 aliphatic carbocycles. The fraction of sp³-hybridized carbons (Fsp3) is 0.875. The van der Waals surface area contributed by atoms with E-state index in [0.29, 0.717) is 12.0 Å². The topological polar surface area (TPSA) is 34.1 Å². The highest BCUT2D eigenvalue weighted by Gasteiger charge is 2.38. The molecule has 2 aliphatic rings. The maximum absolute atomic E-state index is 5.21. The average molecular weight is 155 g/mol. The van der Waals surface area contributed by atoms with E-state index in [1.54, 1.807) is 0 Å². The maximum Gasteiger partial charge on any atom is 0.161 e. The normalized spacial score (nSPS) is 35.4. The number of rotatable bonds is 2. The molecule has 0 aromatic carbocycles. The summed E-state index contributed by atoms with van der Waals surface area (Å²) in [6.07, 6.45) is 1.50. The van der Waals surface area contributed by atoms with E-state index in [2.05, 4.69) is 19.0 Å². The Labute approximate surface area is 66.4 Å². The highest BCUT2D eigenvalue weighted by Crippen LogP contribution is 2.26. The molecule has 2 aliphatic heterocycles. The highest BCUT2D eigenvalue weighted by molar-refractivity contribution is 5.87. The first-order valence-electron chi connectivity index (χ1n) is 4.11. The van der Waals surface area contributed by atoms with Crippen LogP contribution in [0.5, 0.6) is 0 Å². The predicted molar refractivity (Wildman–Crippen MR) is 41.5 cm³/mol. The third kappa shape index (κ3) is 1.38. The van der Waals surface area contributed by atoms with Crippen LogP contribution in [0.25, 0.3) is 0 Å². The molecule has 1 saturated heterocycles. The Morgan fingerprint density at radius 3 is 2.64 bits per heavy atom. The van der Waals surface area contributed by atoms with Gasteiger partial charge < -0.3 is 9.57 Å². The van der Waals surface area contributed by atoms with Gasteiger partial charge in [-0.15, -0.1) is 0 Å². The van der Waals surface area contributed by atoms with Crippen LogP contribution in [0, 0.1) is 5.92 Å². The summed E-state index contributed by atoms with van der Waals surface area (Å²) in [5.41, 5.74) is 1.17. The Bertz CT molecular complexity index is 185. The van der Waals surface area contributed by atoms with E-state index < -0.39 is 0 Å². The molecule has 0 N–H and O–H groups in total. The van der Waals surface area contributed by atoms with Gasteiger partial charge in [0.15, 0.2) is 6.10 Å². The second-order valence-electron chi connectivity index (χ2n) is 3.46. The predicted octanol–water partition coefficient (Wildman–Crippen LogP) is 1.19. The van der Waals surface area contributed by atoms with E-state index in [9.17, 15) is 0 Å². The van der Waals surface area contributed by atoms with E-state index in [4.69, 9.17) is 9.57 Å². The molecule has 0 radical (unpaired) electrons. The van der Waals surface area contributed by atoms with Crippen molar-refractivity contribution in [3.8, 4) is 0 Å². The van der Waals surface area contributed by atoms with Gasteiger partial charge >= 0.3 is 0 Å². The molecule has 0 spiro atoms. The van der Waals surface area contributed by atoms with Gasteiger partial charge in [-0.2, -0.15) is 0 Å². The molecule has 2 rings (SSSR count). The Morgan fingerprint density at radius 1 is 1.45 bits per heavy atom. The minimum absolute atomic E-state index is 0.215. The zero-order chi connectivity index (χ0) is 7.84. The van der Waals surface area contributed by atoms with Crippen molar-refractivity contribution in [3.05, 3.63) is 0 Å². The quantitative estimate of drug-likeness (QED) is 0.561. The van der Waals surface area contributed by atoms with Crippen LogP contribution in [0.15, 0.2) is 5.16 Å². The van der Waals surface area contributed by atoms with Gasteiger partial charge in [-0.25, -0.2) is 0 Å². The van der Waals surface area contributed by atoms with Gasteiger partial charge in [-0.3, -0.25) is 0 Å². The average Bonchev–Trinajstić information content (AvgIpc) is 2.68. The zero-order valence-electron chi connectivity index (χ0n) is 6.91. The van der Waals surface area contributed by atoms with Crippen molar-refractivity contribution < 1.29 is 9.57 Å². The number of epoxide rings is 1. The lowest BCUT2D eigenvalue weighted by Crippen LogP contribution is -2.16. The number of hydrogen-bond acceptors (Lipinski definition) is 3. The van der Waals surface area contributed by atoms with E-state index in [0.717, 1.165) is 13.0 Å². The second kappa shape index (κ2) is 2.48. The molecule has 3 nitrogen and oxygen atoms in total. The molecule has 0 aromatic rings. The largest absolute Gasteiger partial charge is 0.389 e. The highest BCUT2D eigenvalue weighted by atomic mass is 16.7. The maximum atomic E-state index is 5.21. The Kier molecular flexibility index (Phi) is 1.60. The van der Waals surface area contributed by atoms with Crippen LogP contribution in [-0.4, -0.2) is 24.5 Å². The summed E-state index contributed by atoms with van der Waals surface area (Å²) in [5.74, 6) is 0.513. The molecule has 11 heavy (non-hydrogen) atoms. The summed E-state index contributed by atoms with van der Waals surface area (Å²) in [6, 6.07) is 0. The lowest BCUT2D eigenvalue weighted by Gasteiger charge is -2.02. The molecular formula is C8H13NO2. The molecule has 62 valence electrons. The molecular weight excluding hydrogens is 142 g/mol. The van der Waals surface area contributed by atoms with Gasteiger partial charge in [0.25, 0.3) is 0 Å². The van der Waals surface area contributed by atoms with Crippen molar-refractivity contribution in [2.24, 2.45) is 11.1 Å². The molecule has 0 bridgehead atoms. The first-order chi connectivity index (χ1) is 5.27. The first kappa shape index (κ1) is 7.10. The summed E-state index contributed by atoms with van der Waals surface area (Å²) in [5, 5.41) is 4.01. The van der Waals surface area contributed by atoms with Crippen LogP contribution in [-0.2, 0) is 9.57 Å². The van der Waals surface area contributed by atoms with Crippen molar-refractivity contribution in [2.75, 3.05) is 6.61 Å². The summed E-state index contributed by atoms with van der Waals surface area (Å²) >= 11 is 0. The molecule has 0 amide bonds. The summed E-state index contributed by atoms with van der Waals surface area (Å²) in [6.45, 7) is 5.13. The molecule has 2 atom stereocenters. The van der Waals surface area contributed by atoms with Crippen molar-refractivity contribution in [1.29, 1.82) is 0 Å². The van der Waals surface area contributed by atoms with Gasteiger partial charge in [0.2, 0.25) is 0 Å². The van der Waals surface area contributed by atoms with Crippen molar-refractivity contribution in [3.63, 3.8) is 0 Å². The molecule has 0 aromatic heterocycles. The second-order valence-corrected chi connectivity index (χ2v) is 3.46. The zero-order valence-corrected chi connectivity index (χ0v) is 6.91. The van der Waals surface area contributed by atoms with Crippen LogP contribution in [0.2, 0.25) is 0 Å². The van der Waals surface area contributed by atoms with Crippen LogP contribution in [0.1, 0.15) is 20.3 Å². The van der Waals surface area contributed by atoms with Gasteiger partial charge in [0.1, 0.15) is 6.10 Å². The smallest absolute Gasteiger partial charge is 0.161 e. The van der Waals surface area contributed by atoms with Gasteiger partial charge in [-0.05, 0) is 5.92 Å². The minimum Gasteiger partial charge on any atom is -0.389 e. The fourth-order valence-corrected chi connectivity index (χ4v) is 1.23. The van der Waals surface area contributed by atoms with E-state index in [-0.39, 0.29) is 6.10 Å². The Morgan fingerprint density at radius 2 is 2.18 bits per heavy atom. The van der Waals surface area contributed by atoms with Crippen LogP contribution in [0.3, 0.4) is 0 Å². The third-order valence-corrected chi connectivity index (χ3v) is 2.16. The number of nitrogens with zero attached hydrogens (tertiary/aromatic N) is 1. The van der Waals surface area contributed by atoms with Gasteiger partial charge in [-0.1, -0.05) is 19.0 Å². The summed E-state index contributed by atoms with van der Waals surface area (Å²) in [7, 11) is 0. The minimum atomic E-state index is 0.215. The van der Waals surface area contributed by atoms with Gasteiger partial charge in [0.05, 0.1) is 12.3 Å². The van der Waals surface area contributed by atoms with E-state index in [1.165, 1.54) is 5.71 Å². The van der Waals surface area contributed by atoms with Crippen molar-refractivity contribution in [1.82, 2.24) is 0 Å². The standard InChI is InChI=1S/C8H13NO2/c1-5(2)6-3-7(11-9-6)8-4-10-8/h5,7-8H,3-4H2,1-2H3/t7-,8+/m1/s1. The van der Waals surface area contributed by atoms with Crippen LogP contribution < -0.4 is 0 Å². The van der Waals surface area contributed by atoms with Gasteiger partial charge in [0, 0.05) is 6.42 Å². The third-order valence-electron chi connectivity index (χ3n) is 2.16. The number of ether oxygens (including phenoxy) is 1. The summed E-state index contributed by atoms with van der Waals surface area (Å²) < 4.78 is 5.12. The molecule has 3 heteroatoms. The van der Waals surface area contributed by atoms with Crippen molar-refractivity contribution in [2.45, 2.75) is 32.5 Å². The van der Waals surface area contributed by atoms with E-state index >= 15 is 0 Å². The molecule has 0 unspecified atom stereocenters. The van der Waals surface area contributed by atoms with Crippen molar-refractivity contribution >= 4 is 5.71 Å². The monoisotopic (exact) mass is 155 g/mol. The SMILES string of the molecule is CC(C)C1=NO[C@@H]([C@@H]2CO2)C1. The number of oxime groups is 1. The first-order valence-corrected chi connectivity index (χ1v) is 4.11. The molecule has 2 heterocycles. The molecule has 1 fully saturated rings.